The maximum atomic E-state index is 12.7. The fourth-order valence-corrected chi connectivity index (χ4v) is 1.98. The summed E-state index contributed by atoms with van der Waals surface area (Å²) in [5.74, 6) is -0.261. The van der Waals surface area contributed by atoms with E-state index in [-0.39, 0.29) is 5.82 Å². The second kappa shape index (κ2) is 4.99. The number of hydrogen-bond acceptors (Lipinski definition) is 1. The molecule has 0 bridgehead atoms. The lowest BCUT2D eigenvalue weighted by molar-refractivity contribution is 0.144. The molecular formula is C13H14FNO2. The fourth-order valence-electron chi connectivity index (χ4n) is 1.98. The summed E-state index contributed by atoms with van der Waals surface area (Å²) in [7, 11) is 0. The van der Waals surface area contributed by atoms with Crippen LogP contribution in [-0.4, -0.2) is 29.2 Å². The highest BCUT2D eigenvalue weighted by Gasteiger charge is 2.17. The molecule has 1 fully saturated rings. The molecular weight excluding hydrogens is 221 g/mol. The third-order valence-corrected chi connectivity index (χ3v) is 2.83. The van der Waals surface area contributed by atoms with Crippen molar-refractivity contribution in [2.75, 3.05) is 13.1 Å². The summed E-state index contributed by atoms with van der Waals surface area (Å²) in [6.07, 6.45) is 2.81. The highest BCUT2D eigenvalue weighted by atomic mass is 19.1. The van der Waals surface area contributed by atoms with Crippen LogP contribution in [0, 0.1) is 5.82 Å². The first-order valence-corrected chi connectivity index (χ1v) is 5.58. The van der Waals surface area contributed by atoms with Crippen molar-refractivity contribution in [1.29, 1.82) is 0 Å². The Morgan fingerprint density at radius 3 is 2.71 bits per heavy atom. The van der Waals surface area contributed by atoms with E-state index in [0.29, 0.717) is 13.1 Å². The topological polar surface area (TPSA) is 40.5 Å². The lowest BCUT2D eigenvalue weighted by Crippen LogP contribution is -2.35. The largest absolute Gasteiger partial charge is 0.465 e. The van der Waals surface area contributed by atoms with Crippen molar-refractivity contribution >= 4 is 12.2 Å². The third kappa shape index (κ3) is 3.06. The number of carbonyl (C=O) groups is 1. The zero-order chi connectivity index (χ0) is 12.3. The lowest BCUT2D eigenvalue weighted by Gasteiger charge is -2.26. The maximum absolute atomic E-state index is 12.7. The van der Waals surface area contributed by atoms with Gasteiger partial charge in [0.2, 0.25) is 0 Å². The molecule has 0 saturated carbocycles. The van der Waals surface area contributed by atoms with Crippen molar-refractivity contribution in [3.05, 3.63) is 41.2 Å². The van der Waals surface area contributed by atoms with E-state index >= 15 is 0 Å². The van der Waals surface area contributed by atoms with Gasteiger partial charge in [-0.25, -0.2) is 9.18 Å². The van der Waals surface area contributed by atoms with Crippen molar-refractivity contribution in [3.8, 4) is 0 Å². The summed E-state index contributed by atoms with van der Waals surface area (Å²) >= 11 is 0. The molecule has 1 N–H and O–H groups in total. The highest BCUT2D eigenvalue weighted by molar-refractivity contribution is 5.66. The molecule has 0 aliphatic carbocycles. The number of carboxylic acid groups (broad SMARTS) is 1. The Hall–Kier alpha value is -1.84. The summed E-state index contributed by atoms with van der Waals surface area (Å²) in [6, 6.07) is 6.21. The zero-order valence-corrected chi connectivity index (χ0v) is 9.40. The number of halogens is 1. The normalized spacial score (nSPS) is 18.4. The second-order valence-electron chi connectivity index (χ2n) is 4.16. The molecule has 0 aromatic heterocycles. The lowest BCUT2D eigenvalue weighted by atomic mass is 10.0. The van der Waals surface area contributed by atoms with Crippen molar-refractivity contribution in [3.63, 3.8) is 0 Å². The first-order chi connectivity index (χ1) is 8.15. The monoisotopic (exact) mass is 235 g/mol. The fraction of sp³-hybridized carbons (Fsp3) is 0.308. The van der Waals surface area contributed by atoms with Crippen LogP contribution >= 0.6 is 0 Å². The van der Waals surface area contributed by atoms with E-state index in [4.69, 9.17) is 5.11 Å². The van der Waals surface area contributed by atoms with Gasteiger partial charge in [0.05, 0.1) is 0 Å². The van der Waals surface area contributed by atoms with Crippen molar-refractivity contribution in [2.45, 2.75) is 12.8 Å². The molecule has 1 saturated heterocycles. The summed E-state index contributed by atoms with van der Waals surface area (Å²) in [5.41, 5.74) is 1.99. The Balaban J connectivity index is 2.11. The molecule has 1 heterocycles. The molecule has 0 spiro atoms. The van der Waals surface area contributed by atoms with Crippen LogP contribution in [0.3, 0.4) is 0 Å². The standard InChI is InChI=1S/C13H14FNO2/c14-12-5-3-10(4-6-12)8-11-2-1-7-15(9-11)13(16)17/h3-6,8H,1-2,7,9H2,(H,16,17)/b11-8-. The summed E-state index contributed by atoms with van der Waals surface area (Å²) in [5, 5.41) is 8.91. The summed E-state index contributed by atoms with van der Waals surface area (Å²) < 4.78 is 12.7. The van der Waals surface area contributed by atoms with Crippen LogP contribution in [0.15, 0.2) is 29.8 Å². The van der Waals surface area contributed by atoms with Crippen LogP contribution in [0.1, 0.15) is 18.4 Å². The molecule has 1 aromatic rings. The van der Waals surface area contributed by atoms with Crippen molar-refractivity contribution in [2.24, 2.45) is 0 Å². The Kier molecular flexibility index (Phi) is 3.42. The molecule has 1 aliphatic rings. The smallest absolute Gasteiger partial charge is 0.407 e. The van der Waals surface area contributed by atoms with Gasteiger partial charge in [-0.2, -0.15) is 0 Å². The van der Waals surface area contributed by atoms with E-state index in [0.717, 1.165) is 24.0 Å². The molecule has 0 unspecified atom stereocenters. The van der Waals surface area contributed by atoms with Gasteiger partial charge in [0.1, 0.15) is 5.82 Å². The molecule has 1 aliphatic heterocycles. The molecule has 3 nitrogen and oxygen atoms in total. The number of hydrogen-bond donors (Lipinski definition) is 1. The van der Waals surface area contributed by atoms with E-state index < -0.39 is 6.09 Å². The van der Waals surface area contributed by atoms with Gasteiger partial charge in [-0.3, -0.25) is 0 Å². The van der Waals surface area contributed by atoms with Crippen LogP contribution in [0.25, 0.3) is 6.08 Å². The second-order valence-corrected chi connectivity index (χ2v) is 4.16. The number of nitrogens with zero attached hydrogens (tertiary/aromatic N) is 1. The van der Waals surface area contributed by atoms with E-state index in [1.807, 2.05) is 6.08 Å². The minimum absolute atomic E-state index is 0.261. The van der Waals surface area contributed by atoms with Crippen LogP contribution in [-0.2, 0) is 0 Å². The Labute approximate surface area is 99.2 Å². The van der Waals surface area contributed by atoms with Gasteiger partial charge in [0.25, 0.3) is 0 Å². The minimum atomic E-state index is -0.880. The van der Waals surface area contributed by atoms with Gasteiger partial charge in [0.15, 0.2) is 0 Å². The Morgan fingerprint density at radius 1 is 1.35 bits per heavy atom. The van der Waals surface area contributed by atoms with E-state index in [1.165, 1.54) is 17.0 Å². The zero-order valence-electron chi connectivity index (χ0n) is 9.40. The van der Waals surface area contributed by atoms with Gasteiger partial charge in [0, 0.05) is 13.1 Å². The van der Waals surface area contributed by atoms with Crippen LogP contribution in [0.5, 0.6) is 0 Å². The van der Waals surface area contributed by atoms with E-state index in [2.05, 4.69) is 0 Å². The number of likely N-dealkylation sites (tertiary alicyclic amines) is 1. The van der Waals surface area contributed by atoms with Gasteiger partial charge < -0.3 is 10.0 Å². The molecule has 2 rings (SSSR count). The number of amides is 1. The van der Waals surface area contributed by atoms with Crippen molar-refractivity contribution in [1.82, 2.24) is 4.90 Å². The molecule has 90 valence electrons. The third-order valence-electron chi connectivity index (χ3n) is 2.83. The molecule has 0 atom stereocenters. The Morgan fingerprint density at radius 2 is 2.06 bits per heavy atom. The molecule has 17 heavy (non-hydrogen) atoms. The highest BCUT2D eigenvalue weighted by Crippen LogP contribution is 2.18. The van der Waals surface area contributed by atoms with Crippen molar-refractivity contribution < 1.29 is 14.3 Å². The van der Waals surface area contributed by atoms with Crippen LogP contribution in [0.4, 0.5) is 9.18 Å². The summed E-state index contributed by atoms with van der Waals surface area (Å²) in [4.78, 5) is 12.2. The van der Waals surface area contributed by atoms with Gasteiger partial charge in [-0.15, -0.1) is 0 Å². The van der Waals surface area contributed by atoms with Gasteiger partial charge in [-0.1, -0.05) is 23.8 Å². The number of piperidine rings is 1. The predicted octanol–water partition coefficient (Wildman–Crippen LogP) is 2.98. The average molecular weight is 235 g/mol. The SMILES string of the molecule is O=C(O)N1CCC/C(=C/c2ccc(F)cc2)C1. The maximum Gasteiger partial charge on any atom is 0.407 e. The van der Waals surface area contributed by atoms with Crippen LogP contribution in [0.2, 0.25) is 0 Å². The van der Waals surface area contributed by atoms with E-state index in [9.17, 15) is 9.18 Å². The average Bonchev–Trinajstić information content (AvgIpc) is 2.32. The van der Waals surface area contributed by atoms with E-state index in [1.54, 1.807) is 12.1 Å². The molecule has 1 aromatic carbocycles. The number of benzene rings is 1. The molecule has 1 amide bonds. The first-order valence-electron chi connectivity index (χ1n) is 5.58. The molecule has 0 radical (unpaired) electrons. The first kappa shape index (κ1) is 11.6. The predicted molar refractivity (Wildman–Crippen MR) is 63.2 cm³/mol. The summed E-state index contributed by atoms with van der Waals surface area (Å²) in [6.45, 7) is 1.04. The minimum Gasteiger partial charge on any atom is -0.465 e. The Bertz CT molecular complexity index is 439. The number of rotatable bonds is 1. The van der Waals surface area contributed by atoms with Gasteiger partial charge in [-0.05, 0) is 30.5 Å². The van der Waals surface area contributed by atoms with Crippen LogP contribution < -0.4 is 0 Å². The van der Waals surface area contributed by atoms with Gasteiger partial charge >= 0.3 is 6.09 Å². The quantitative estimate of drug-likeness (QED) is 0.812. The molecule has 4 heteroatoms.